The van der Waals surface area contributed by atoms with E-state index in [1.807, 2.05) is 11.8 Å². The van der Waals surface area contributed by atoms with Crippen LogP contribution in [0.5, 0.6) is 0 Å². The third kappa shape index (κ3) is 2.60. The van der Waals surface area contributed by atoms with Gasteiger partial charge in [-0.2, -0.15) is 11.8 Å². The van der Waals surface area contributed by atoms with Crippen molar-refractivity contribution in [3.05, 3.63) is 18.1 Å². The highest BCUT2D eigenvalue weighted by atomic mass is 32.2. The van der Waals surface area contributed by atoms with Gasteiger partial charge in [-0.15, -0.1) is 0 Å². The van der Waals surface area contributed by atoms with Gasteiger partial charge >= 0.3 is 0 Å². The standard InChI is InChI=1S/C10H16N4S/c11-8-9-10(13-3-2-12-9)14-4-1-6-15-7-5-14/h2-3H,1,4-8,11H2. The second-order valence-corrected chi connectivity index (χ2v) is 4.71. The molecule has 15 heavy (non-hydrogen) atoms. The summed E-state index contributed by atoms with van der Waals surface area (Å²) >= 11 is 2.01. The summed E-state index contributed by atoms with van der Waals surface area (Å²) in [4.78, 5) is 11.0. The fraction of sp³-hybridized carbons (Fsp3) is 0.600. The zero-order chi connectivity index (χ0) is 10.5. The molecule has 0 saturated carbocycles. The van der Waals surface area contributed by atoms with Crippen molar-refractivity contribution in [2.24, 2.45) is 5.73 Å². The summed E-state index contributed by atoms with van der Waals surface area (Å²) in [7, 11) is 0. The normalized spacial score (nSPS) is 17.5. The lowest BCUT2D eigenvalue weighted by atomic mass is 10.3. The van der Waals surface area contributed by atoms with E-state index in [-0.39, 0.29) is 0 Å². The van der Waals surface area contributed by atoms with Crippen molar-refractivity contribution in [2.45, 2.75) is 13.0 Å². The molecule has 0 aromatic carbocycles. The first-order chi connectivity index (χ1) is 7.42. The highest BCUT2D eigenvalue weighted by Gasteiger charge is 2.14. The van der Waals surface area contributed by atoms with Crippen LogP contribution in [0.3, 0.4) is 0 Å². The average Bonchev–Trinajstić information content (AvgIpc) is 2.57. The molecule has 1 aromatic heterocycles. The van der Waals surface area contributed by atoms with Gasteiger partial charge in [0.05, 0.1) is 5.69 Å². The first kappa shape index (κ1) is 10.7. The van der Waals surface area contributed by atoms with Crippen molar-refractivity contribution in [1.29, 1.82) is 0 Å². The molecule has 1 aliphatic heterocycles. The number of hydrogen-bond donors (Lipinski definition) is 1. The van der Waals surface area contributed by atoms with E-state index in [4.69, 9.17) is 5.73 Å². The molecule has 2 N–H and O–H groups in total. The molecule has 2 heterocycles. The molecule has 0 atom stereocenters. The van der Waals surface area contributed by atoms with Gasteiger partial charge in [-0.1, -0.05) is 0 Å². The van der Waals surface area contributed by atoms with Gasteiger partial charge in [0.1, 0.15) is 0 Å². The van der Waals surface area contributed by atoms with Crippen molar-refractivity contribution in [3.8, 4) is 0 Å². The number of thioether (sulfide) groups is 1. The smallest absolute Gasteiger partial charge is 0.151 e. The zero-order valence-corrected chi connectivity index (χ0v) is 9.54. The summed E-state index contributed by atoms with van der Waals surface area (Å²) in [6.45, 7) is 2.59. The van der Waals surface area contributed by atoms with E-state index in [1.54, 1.807) is 12.4 Å². The van der Waals surface area contributed by atoms with Gasteiger partial charge in [-0.05, 0) is 12.2 Å². The average molecular weight is 224 g/mol. The summed E-state index contributed by atoms with van der Waals surface area (Å²) in [6, 6.07) is 0. The first-order valence-corrected chi connectivity index (χ1v) is 6.40. The summed E-state index contributed by atoms with van der Waals surface area (Å²) in [6.07, 6.45) is 4.66. The maximum atomic E-state index is 5.66. The summed E-state index contributed by atoms with van der Waals surface area (Å²) in [5.74, 6) is 3.39. The molecule has 0 spiro atoms. The van der Waals surface area contributed by atoms with Crippen LogP contribution in [0.2, 0.25) is 0 Å². The lowest BCUT2D eigenvalue weighted by Gasteiger charge is -2.22. The van der Waals surface area contributed by atoms with Crippen LogP contribution in [0.1, 0.15) is 12.1 Å². The van der Waals surface area contributed by atoms with Crippen LogP contribution in [-0.4, -0.2) is 34.6 Å². The molecule has 0 aliphatic carbocycles. The Morgan fingerprint density at radius 2 is 2.13 bits per heavy atom. The maximum absolute atomic E-state index is 5.66. The van der Waals surface area contributed by atoms with Gasteiger partial charge < -0.3 is 10.6 Å². The maximum Gasteiger partial charge on any atom is 0.151 e. The molecule has 2 rings (SSSR count). The minimum Gasteiger partial charge on any atom is -0.354 e. The number of rotatable bonds is 2. The minimum absolute atomic E-state index is 0.465. The van der Waals surface area contributed by atoms with Crippen molar-refractivity contribution in [1.82, 2.24) is 9.97 Å². The largest absolute Gasteiger partial charge is 0.354 e. The van der Waals surface area contributed by atoms with Gasteiger partial charge in [0.15, 0.2) is 5.82 Å². The lowest BCUT2D eigenvalue weighted by Crippen LogP contribution is -2.28. The SMILES string of the molecule is NCc1nccnc1N1CCCSCC1. The van der Waals surface area contributed by atoms with E-state index in [9.17, 15) is 0 Å². The van der Waals surface area contributed by atoms with E-state index in [0.717, 1.165) is 24.6 Å². The lowest BCUT2D eigenvalue weighted by molar-refractivity contribution is 0.781. The summed E-state index contributed by atoms with van der Waals surface area (Å²) in [5, 5.41) is 0. The molecule has 0 radical (unpaired) electrons. The Balaban J connectivity index is 2.18. The number of aromatic nitrogens is 2. The van der Waals surface area contributed by atoms with Crippen LogP contribution >= 0.6 is 11.8 Å². The number of nitrogens with zero attached hydrogens (tertiary/aromatic N) is 3. The molecular formula is C10H16N4S. The Morgan fingerprint density at radius 3 is 3.00 bits per heavy atom. The van der Waals surface area contributed by atoms with Crippen molar-refractivity contribution in [3.63, 3.8) is 0 Å². The molecule has 1 saturated heterocycles. The van der Waals surface area contributed by atoms with Crippen LogP contribution in [0.4, 0.5) is 5.82 Å². The van der Waals surface area contributed by atoms with Crippen LogP contribution in [-0.2, 0) is 6.54 Å². The first-order valence-electron chi connectivity index (χ1n) is 5.24. The number of anilines is 1. The Kier molecular flexibility index (Phi) is 3.80. The molecule has 0 bridgehead atoms. The Hall–Kier alpha value is -0.810. The van der Waals surface area contributed by atoms with E-state index >= 15 is 0 Å². The Labute approximate surface area is 94.3 Å². The van der Waals surface area contributed by atoms with Gasteiger partial charge in [0, 0.05) is 37.8 Å². The number of nitrogens with two attached hydrogens (primary N) is 1. The van der Waals surface area contributed by atoms with Crippen LogP contribution in [0.25, 0.3) is 0 Å². The van der Waals surface area contributed by atoms with Gasteiger partial charge in [0.2, 0.25) is 0 Å². The molecule has 1 aromatic rings. The second kappa shape index (κ2) is 5.32. The topological polar surface area (TPSA) is 55.0 Å². The van der Waals surface area contributed by atoms with Crippen LogP contribution in [0.15, 0.2) is 12.4 Å². The second-order valence-electron chi connectivity index (χ2n) is 3.48. The van der Waals surface area contributed by atoms with Gasteiger partial charge in [0.25, 0.3) is 0 Å². The van der Waals surface area contributed by atoms with E-state index in [0.29, 0.717) is 6.54 Å². The monoisotopic (exact) mass is 224 g/mol. The van der Waals surface area contributed by atoms with Crippen LogP contribution in [0, 0.1) is 0 Å². The Morgan fingerprint density at radius 1 is 1.27 bits per heavy atom. The van der Waals surface area contributed by atoms with E-state index < -0.39 is 0 Å². The van der Waals surface area contributed by atoms with Gasteiger partial charge in [-0.3, -0.25) is 4.98 Å². The zero-order valence-electron chi connectivity index (χ0n) is 8.72. The van der Waals surface area contributed by atoms with Gasteiger partial charge in [-0.25, -0.2) is 4.98 Å². The van der Waals surface area contributed by atoms with Crippen molar-refractivity contribution < 1.29 is 0 Å². The predicted octanol–water partition coefficient (Wildman–Crippen LogP) is 0.879. The predicted molar refractivity (Wildman–Crippen MR) is 64.1 cm³/mol. The summed E-state index contributed by atoms with van der Waals surface area (Å²) < 4.78 is 0. The Bertz CT molecular complexity index is 310. The summed E-state index contributed by atoms with van der Waals surface area (Å²) in [5.41, 5.74) is 6.57. The quantitative estimate of drug-likeness (QED) is 0.808. The molecule has 1 fully saturated rings. The fourth-order valence-corrected chi connectivity index (χ4v) is 2.61. The molecule has 0 unspecified atom stereocenters. The molecular weight excluding hydrogens is 208 g/mol. The van der Waals surface area contributed by atoms with E-state index in [2.05, 4.69) is 14.9 Å². The van der Waals surface area contributed by atoms with E-state index in [1.165, 1.54) is 17.9 Å². The molecule has 0 amide bonds. The molecule has 4 nitrogen and oxygen atoms in total. The highest BCUT2D eigenvalue weighted by Crippen LogP contribution is 2.18. The van der Waals surface area contributed by atoms with Crippen molar-refractivity contribution in [2.75, 3.05) is 29.5 Å². The van der Waals surface area contributed by atoms with Crippen molar-refractivity contribution >= 4 is 17.6 Å². The molecule has 5 heteroatoms. The van der Waals surface area contributed by atoms with Crippen LogP contribution < -0.4 is 10.6 Å². The third-order valence-corrected chi connectivity index (χ3v) is 3.52. The highest BCUT2D eigenvalue weighted by molar-refractivity contribution is 7.99. The molecule has 82 valence electrons. The number of hydrogen-bond acceptors (Lipinski definition) is 5. The minimum atomic E-state index is 0.465. The fourth-order valence-electron chi connectivity index (χ4n) is 1.73. The third-order valence-electron chi connectivity index (χ3n) is 2.47. The molecule has 1 aliphatic rings.